The first-order chi connectivity index (χ1) is 17.7. The van der Waals surface area contributed by atoms with Crippen molar-refractivity contribution in [3.63, 3.8) is 0 Å². The fraction of sp³-hybridized carbons (Fsp3) is 0.233. The SMILES string of the molecule is CC(NC(O)c1ccc2c(-c3ccc(C(F)(F)F)cc3)cccc2c1)C1=c2[nH]c(=O)ccc2=CC2CC12. The van der Waals surface area contributed by atoms with Crippen LogP contribution in [0, 0.1) is 11.8 Å². The first kappa shape index (κ1) is 23.7. The van der Waals surface area contributed by atoms with Crippen LogP contribution in [0.3, 0.4) is 0 Å². The summed E-state index contributed by atoms with van der Waals surface area (Å²) >= 11 is 0. The first-order valence-electron chi connectivity index (χ1n) is 12.3. The number of aliphatic hydroxyl groups excluding tert-OH is 1. The van der Waals surface area contributed by atoms with Gasteiger partial charge < -0.3 is 10.1 Å². The highest BCUT2D eigenvalue weighted by atomic mass is 19.4. The van der Waals surface area contributed by atoms with E-state index in [-0.39, 0.29) is 11.6 Å². The van der Waals surface area contributed by atoms with Crippen molar-refractivity contribution in [2.75, 3.05) is 0 Å². The molecule has 0 aliphatic heterocycles. The monoisotopic (exact) mass is 502 g/mol. The van der Waals surface area contributed by atoms with Gasteiger partial charge in [0.25, 0.3) is 0 Å². The molecule has 6 rings (SSSR count). The lowest BCUT2D eigenvalue weighted by Crippen LogP contribution is -2.44. The summed E-state index contributed by atoms with van der Waals surface area (Å²) in [5.41, 5.74) is 2.49. The number of fused-ring (bicyclic) bond motifs is 3. The Hall–Kier alpha value is -3.68. The van der Waals surface area contributed by atoms with Gasteiger partial charge in [0.1, 0.15) is 6.23 Å². The minimum Gasteiger partial charge on any atom is -0.374 e. The van der Waals surface area contributed by atoms with E-state index in [1.807, 2.05) is 49.4 Å². The normalized spacial score (nSPS) is 20.1. The zero-order valence-electron chi connectivity index (χ0n) is 20.0. The molecule has 0 spiro atoms. The number of aliphatic hydroxyl groups is 1. The summed E-state index contributed by atoms with van der Waals surface area (Å²) in [6.07, 6.45) is -2.07. The van der Waals surface area contributed by atoms with Crippen LogP contribution in [0.4, 0.5) is 13.2 Å². The molecule has 4 aromatic rings. The van der Waals surface area contributed by atoms with Crippen molar-refractivity contribution in [3.05, 3.63) is 105 Å². The van der Waals surface area contributed by atoms with Crippen LogP contribution >= 0.6 is 0 Å². The highest BCUT2D eigenvalue weighted by Gasteiger charge is 2.42. The second-order valence-electron chi connectivity index (χ2n) is 9.93. The Morgan fingerprint density at radius 2 is 1.81 bits per heavy atom. The predicted octanol–water partition coefficient (Wildman–Crippen LogP) is 4.46. The lowest BCUT2D eigenvalue weighted by Gasteiger charge is -2.24. The highest BCUT2D eigenvalue weighted by molar-refractivity contribution is 5.97. The zero-order valence-corrected chi connectivity index (χ0v) is 20.0. The molecule has 0 bridgehead atoms. The van der Waals surface area contributed by atoms with Crippen molar-refractivity contribution < 1.29 is 18.3 Å². The van der Waals surface area contributed by atoms with E-state index in [0.717, 1.165) is 51.0 Å². The number of H-pyrrole nitrogens is 1. The molecule has 1 aromatic heterocycles. The maximum Gasteiger partial charge on any atom is 0.416 e. The summed E-state index contributed by atoms with van der Waals surface area (Å²) in [7, 11) is 0. The number of hydrogen-bond donors (Lipinski definition) is 3. The van der Waals surface area contributed by atoms with Crippen molar-refractivity contribution >= 4 is 22.4 Å². The Balaban J connectivity index is 1.29. The second-order valence-corrected chi connectivity index (χ2v) is 9.93. The Morgan fingerprint density at radius 3 is 2.57 bits per heavy atom. The lowest BCUT2D eigenvalue weighted by atomic mass is 9.95. The van der Waals surface area contributed by atoms with Crippen LogP contribution in [0.2, 0.25) is 0 Å². The minimum absolute atomic E-state index is 0.144. The second kappa shape index (κ2) is 8.71. The van der Waals surface area contributed by atoms with E-state index < -0.39 is 18.0 Å². The fourth-order valence-electron chi connectivity index (χ4n) is 5.56. The molecule has 7 heteroatoms. The van der Waals surface area contributed by atoms with Gasteiger partial charge in [-0.2, -0.15) is 13.2 Å². The van der Waals surface area contributed by atoms with E-state index in [0.29, 0.717) is 23.0 Å². The van der Waals surface area contributed by atoms with E-state index in [2.05, 4.69) is 16.4 Å². The molecule has 3 aromatic carbocycles. The number of pyridine rings is 1. The maximum atomic E-state index is 13.0. The van der Waals surface area contributed by atoms with Crippen molar-refractivity contribution in [3.8, 4) is 11.1 Å². The van der Waals surface area contributed by atoms with E-state index >= 15 is 0 Å². The van der Waals surface area contributed by atoms with Crippen LogP contribution in [-0.2, 0) is 6.18 Å². The molecule has 2 aliphatic rings. The molecule has 37 heavy (non-hydrogen) atoms. The molecule has 0 saturated heterocycles. The Morgan fingerprint density at radius 1 is 1.03 bits per heavy atom. The summed E-state index contributed by atoms with van der Waals surface area (Å²) in [6, 6.07) is 19.6. The molecule has 2 aliphatic carbocycles. The van der Waals surface area contributed by atoms with Crippen molar-refractivity contribution in [1.29, 1.82) is 0 Å². The lowest BCUT2D eigenvalue weighted by molar-refractivity contribution is -0.137. The molecule has 1 saturated carbocycles. The average molecular weight is 503 g/mol. The summed E-state index contributed by atoms with van der Waals surface area (Å²) < 4.78 is 38.9. The van der Waals surface area contributed by atoms with Crippen LogP contribution in [-0.4, -0.2) is 16.1 Å². The van der Waals surface area contributed by atoms with E-state index in [9.17, 15) is 23.1 Å². The molecule has 4 unspecified atom stereocenters. The largest absolute Gasteiger partial charge is 0.416 e. The van der Waals surface area contributed by atoms with E-state index in [1.54, 1.807) is 0 Å². The molecule has 1 fully saturated rings. The number of hydrogen-bond acceptors (Lipinski definition) is 3. The van der Waals surface area contributed by atoms with Gasteiger partial charge in [0, 0.05) is 17.5 Å². The van der Waals surface area contributed by atoms with Gasteiger partial charge in [-0.05, 0) is 87.7 Å². The third-order valence-corrected chi connectivity index (χ3v) is 7.49. The van der Waals surface area contributed by atoms with Gasteiger partial charge in [-0.3, -0.25) is 10.1 Å². The highest BCUT2D eigenvalue weighted by Crippen LogP contribution is 2.47. The van der Waals surface area contributed by atoms with Crippen LogP contribution in [0.1, 0.15) is 30.7 Å². The van der Waals surface area contributed by atoms with Gasteiger partial charge >= 0.3 is 6.18 Å². The van der Waals surface area contributed by atoms with Gasteiger partial charge in [0.15, 0.2) is 0 Å². The number of rotatable bonds is 5. The van der Waals surface area contributed by atoms with Crippen molar-refractivity contribution in [2.45, 2.75) is 31.8 Å². The average Bonchev–Trinajstić information content (AvgIpc) is 3.65. The van der Waals surface area contributed by atoms with E-state index in [4.69, 9.17) is 0 Å². The summed E-state index contributed by atoms with van der Waals surface area (Å²) in [6.45, 7) is 2.00. The quantitative estimate of drug-likeness (QED) is 0.353. The number of aromatic amines is 1. The Bertz CT molecular complexity index is 1690. The minimum atomic E-state index is -4.38. The number of aromatic nitrogens is 1. The van der Waals surface area contributed by atoms with Gasteiger partial charge in [-0.1, -0.05) is 48.5 Å². The molecular formula is C30H25F3N2O2. The van der Waals surface area contributed by atoms with Crippen LogP contribution in [0.25, 0.3) is 33.5 Å². The molecule has 188 valence electrons. The molecule has 3 N–H and O–H groups in total. The third-order valence-electron chi connectivity index (χ3n) is 7.49. The summed E-state index contributed by atoms with van der Waals surface area (Å²) in [5, 5.41) is 18.0. The molecule has 0 amide bonds. The van der Waals surface area contributed by atoms with Crippen LogP contribution < -0.4 is 21.4 Å². The fourth-order valence-corrected chi connectivity index (χ4v) is 5.56. The number of alkyl halides is 3. The van der Waals surface area contributed by atoms with Crippen molar-refractivity contribution in [1.82, 2.24) is 10.3 Å². The zero-order chi connectivity index (χ0) is 25.9. The smallest absolute Gasteiger partial charge is 0.374 e. The van der Waals surface area contributed by atoms with Crippen LogP contribution in [0.5, 0.6) is 0 Å². The van der Waals surface area contributed by atoms with E-state index in [1.165, 1.54) is 18.2 Å². The van der Waals surface area contributed by atoms with Crippen molar-refractivity contribution in [2.24, 2.45) is 11.8 Å². The van der Waals surface area contributed by atoms with Gasteiger partial charge in [0.05, 0.1) is 5.56 Å². The summed E-state index contributed by atoms with van der Waals surface area (Å²) in [5.74, 6) is 0.835. The molecule has 1 heterocycles. The predicted molar refractivity (Wildman–Crippen MR) is 138 cm³/mol. The van der Waals surface area contributed by atoms with Gasteiger partial charge in [-0.25, -0.2) is 0 Å². The maximum absolute atomic E-state index is 13.0. The Labute approximate surface area is 210 Å². The number of nitrogens with one attached hydrogen (secondary N) is 2. The molecule has 4 atom stereocenters. The van der Waals surface area contributed by atoms with Crippen LogP contribution in [0.15, 0.2) is 77.6 Å². The first-order valence-corrected chi connectivity index (χ1v) is 12.3. The molecule has 0 radical (unpaired) electrons. The van der Waals surface area contributed by atoms with Gasteiger partial charge in [-0.15, -0.1) is 0 Å². The number of halogens is 3. The molecule has 4 nitrogen and oxygen atoms in total. The number of benzene rings is 3. The third kappa shape index (κ3) is 4.38. The molecular weight excluding hydrogens is 477 g/mol. The van der Waals surface area contributed by atoms with Gasteiger partial charge in [0.2, 0.25) is 5.56 Å². The Kier molecular flexibility index (Phi) is 5.58. The summed E-state index contributed by atoms with van der Waals surface area (Å²) in [4.78, 5) is 15.0. The standard InChI is InChI=1S/C30H25F3N2O2/c1-16(27-25-15-21(25)14-19-8-12-26(36)35-28(19)27)34-29(37)20-7-11-24-18(13-20)3-2-4-23(24)17-5-9-22(10-6-17)30(31,32)33/h2-14,16,21,25,29,34,37H,15H2,1H3,(H,35,36). The topological polar surface area (TPSA) is 65.1 Å².